The van der Waals surface area contributed by atoms with Gasteiger partial charge in [-0.05, 0) is 35.2 Å². The summed E-state index contributed by atoms with van der Waals surface area (Å²) in [6.07, 6.45) is 3.04. The van der Waals surface area contributed by atoms with Crippen molar-refractivity contribution in [3.63, 3.8) is 0 Å². The van der Waals surface area contributed by atoms with Gasteiger partial charge in [0, 0.05) is 29.5 Å². The van der Waals surface area contributed by atoms with E-state index in [1.807, 2.05) is 17.5 Å². The fourth-order valence-corrected chi connectivity index (χ4v) is 3.74. The third kappa shape index (κ3) is 5.03. The molecule has 2 unspecified atom stereocenters. The molecule has 0 saturated carbocycles. The Kier molecular flexibility index (Phi) is 6.39. The molecule has 1 aliphatic heterocycles. The van der Waals surface area contributed by atoms with Crippen LogP contribution in [0.2, 0.25) is 0 Å². The van der Waals surface area contributed by atoms with Crippen LogP contribution >= 0.6 is 11.3 Å². The van der Waals surface area contributed by atoms with Crippen LogP contribution in [0.5, 0.6) is 0 Å². The average Bonchev–Trinajstić information content (AvgIpc) is 3.22. The normalized spacial score (nSPS) is 18.6. The maximum absolute atomic E-state index is 12.7. The molecule has 1 fully saturated rings. The van der Waals surface area contributed by atoms with Crippen molar-refractivity contribution in [2.75, 3.05) is 19.8 Å². The maximum Gasteiger partial charge on any atom is 0.248 e. The summed E-state index contributed by atoms with van der Waals surface area (Å²) in [4.78, 5) is 26.4. The summed E-state index contributed by atoms with van der Waals surface area (Å²) in [7, 11) is 0. The Balaban J connectivity index is 1.64. The number of rotatable bonds is 6. The van der Waals surface area contributed by atoms with Crippen LogP contribution in [0, 0.1) is 0 Å². The van der Waals surface area contributed by atoms with Crippen LogP contribution in [0.25, 0.3) is 6.08 Å². The highest BCUT2D eigenvalue weighted by atomic mass is 32.1. The summed E-state index contributed by atoms with van der Waals surface area (Å²) in [5.74, 6) is -0.609. The summed E-state index contributed by atoms with van der Waals surface area (Å²) >= 11 is 1.50. The Hall–Kier alpha value is -2.48. The molecule has 2 heterocycles. The van der Waals surface area contributed by atoms with Crippen LogP contribution in [-0.2, 0) is 9.53 Å². The predicted molar refractivity (Wildman–Crippen MR) is 104 cm³/mol. The first kappa shape index (κ1) is 19.3. The molecule has 1 aliphatic rings. The second kappa shape index (κ2) is 8.94. The van der Waals surface area contributed by atoms with Crippen LogP contribution in [0.4, 0.5) is 0 Å². The molecule has 7 heteroatoms. The van der Waals surface area contributed by atoms with E-state index in [0.717, 1.165) is 10.4 Å². The lowest BCUT2D eigenvalue weighted by atomic mass is 10.1. The lowest BCUT2D eigenvalue weighted by molar-refractivity contribution is -0.135. The van der Waals surface area contributed by atoms with Gasteiger partial charge in [0.1, 0.15) is 0 Å². The molecule has 142 valence electrons. The number of morpholine rings is 1. The largest absolute Gasteiger partial charge is 0.387 e. The smallest absolute Gasteiger partial charge is 0.248 e. The number of ether oxygens (including phenoxy) is 1. The molecule has 6 nitrogen and oxygen atoms in total. The maximum atomic E-state index is 12.7. The fraction of sp³-hybridized carbons (Fsp3) is 0.300. The van der Waals surface area contributed by atoms with Gasteiger partial charge in [0.05, 0.1) is 25.4 Å². The van der Waals surface area contributed by atoms with E-state index in [2.05, 4.69) is 0 Å². The first-order chi connectivity index (χ1) is 13.0. The molecular weight excluding hydrogens is 364 g/mol. The van der Waals surface area contributed by atoms with Crippen molar-refractivity contribution < 1.29 is 19.4 Å². The van der Waals surface area contributed by atoms with Crippen LogP contribution < -0.4 is 5.73 Å². The van der Waals surface area contributed by atoms with Crippen molar-refractivity contribution in [1.82, 2.24) is 4.90 Å². The molecule has 0 radical (unpaired) electrons. The number of thiophene rings is 1. The van der Waals surface area contributed by atoms with Gasteiger partial charge in [0.25, 0.3) is 0 Å². The van der Waals surface area contributed by atoms with E-state index in [-0.39, 0.29) is 11.9 Å². The average molecular weight is 386 g/mol. The Morgan fingerprint density at radius 1 is 1.33 bits per heavy atom. The molecule has 2 aromatic rings. The number of primary amides is 1. The van der Waals surface area contributed by atoms with Gasteiger partial charge in [0.2, 0.25) is 11.8 Å². The molecular formula is C20H22N2O4S. The number of aliphatic hydroxyl groups is 1. The number of carbonyl (C=O) groups is 2. The Labute approximate surface area is 161 Å². The van der Waals surface area contributed by atoms with Crippen molar-refractivity contribution in [3.05, 3.63) is 63.9 Å². The highest BCUT2D eigenvalue weighted by Gasteiger charge is 2.28. The minimum Gasteiger partial charge on any atom is -0.387 e. The molecule has 3 rings (SSSR count). The van der Waals surface area contributed by atoms with E-state index in [9.17, 15) is 14.7 Å². The van der Waals surface area contributed by atoms with Crippen molar-refractivity contribution in [2.24, 2.45) is 5.73 Å². The minimum absolute atomic E-state index is 0.124. The first-order valence-corrected chi connectivity index (χ1v) is 9.60. The zero-order chi connectivity index (χ0) is 19.2. The fourth-order valence-electron chi connectivity index (χ4n) is 3.02. The zero-order valence-electron chi connectivity index (χ0n) is 14.8. The number of hydrogen-bond acceptors (Lipinski definition) is 5. The standard InChI is InChI=1S/C20H22N2O4S/c21-20(25)15-6-3-14(4-7-15)5-8-19(24)22-9-10-26-13-16(22)12-17(23)18-2-1-11-27-18/h1-8,11,16-17,23H,9-10,12-13H2,(H2,21,25)/b8-5+. The van der Waals surface area contributed by atoms with Gasteiger partial charge in [-0.1, -0.05) is 18.2 Å². The van der Waals surface area contributed by atoms with E-state index < -0.39 is 12.0 Å². The quantitative estimate of drug-likeness (QED) is 0.745. The van der Waals surface area contributed by atoms with Crippen molar-refractivity contribution >= 4 is 29.2 Å². The third-order valence-corrected chi connectivity index (χ3v) is 5.46. The molecule has 3 N–H and O–H groups in total. The van der Waals surface area contributed by atoms with Crippen molar-refractivity contribution in [3.8, 4) is 0 Å². The first-order valence-electron chi connectivity index (χ1n) is 8.72. The second-order valence-corrected chi connectivity index (χ2v) is 7.33. The number of carbonyl (C=O) groups excluding carboxylic acids is 2. The van der Waals surface area contributed by atoms with Gasteiger partial charge in [-0.25, -0.2) is 0 Å². The Morgan fingerprint density at radius 3 is 2.78 bits per heavy atom. The number of hydrogen-bond donors (Lipinski definition) is 2. The Bertz CT molecular complexity index is 802. The monoisotopic (exact) mass is 386 g/mol. The zero-order valence-corrected chi connectivity index (χ0v) is 15.6. The van der Waals surface area contributed by atoms with E-state index in [1.165, 1.54) is 17.4 Å². The van der Waals surface area contributed by atoms with E-state index in [0.29, 0.717) is 31.7 Å². The molecule has 2 atom stereocenters. The number of nitrogens with two attached hydrogens (primary N) is 1. The predicted octanol–water partition coefficient (Wildman–Crippen LogP) is 2.21. The van der Waals surface area contributed by atoms with Crippen LogP contribution in [0.15, 0.2) is 47.9 Å². The molecule has 27 heavy (non-hydrogen) atoms. The molecule has 0 spiro atoms. The summed E-state index contributed by atoms with van der Waals surface area (Å²) in [5, 5.41) is 12.3. The number of nitrogens with zero attached hydrogens (tertiary/aromatic N) is 1. The van der Waals surface area contributed by atoms with Crippen LogP contribution in [-0.4, -0.2) is 47.6 Å². The molecule has 2 amide bonds. The van der Waals surface area contributed by atoms with E-state index >= 15 is 0 Å². The molecule has 0 aliphatic carbocycles. The molecule has 1 aromatic heterocycles. The summed E-state index contributed by atoms with van der Waals surface area (Å²) in [6, 6.07) is 10.3. The van der Waals surface area contributed by atoms with Gasteiger partial charge in [-0.15, -0.1) is 11.3 Å². The summed E-state index contributed by atoms with van der Waals surface area (Å²) in [6.45, 7) is 1.39. The lowest BCUT2D eigenvalue weighted by Crippen LogP contribution is -2.48. The van der Waals surface area contributed by atoms with Crippen molar-refractivity contribution in [1.29, 1.82) is 0 Å². The van der Waals surface area contributed by atoms with Gasteiger partial charge >= 0.3 is 0 Å². The molecule has 1 saturated heterocycles. The van der Waals surface area contributed by atoms with Crippen LogP contribution in [0.3, 0.4) is 0 Å². The molecule has 0 bridgehead atoms. The minimum atomic E-state index is -0.614. The second-order valence-electron chi connectivity index (χ2n) is 6.35. The topological polar surface area (TPSA) is 92.9 Å². The molecule has 1 aromatic carbocycles. The van der Waals surface area contributed by atoms with Crippen LogP contribution in [0.1, 0.15) is 33.3 Å². The van der Waals surface area contributed by atoms with Gasteiger partial charge in [-0.3, -0.25) is 9.59 Å². The highest BCUT2D eigenvalue weighted by molar-refractivity contribution is 7.10. The third-order valence-electron chi connectivity index (χ3n) is 4.49. The summed E-state index contributed by atoms with van der Waals surface area (Å²) < 4.78 is 5.51. The van der Waals surface area contributed by atoms with Gasteiger partial charge in [0.15, 0.2) is 0 Å². The van der Waals surface area contributed by atoms with Gasteiger partial charge in [-0.2, -0.15) is 0 Å². The number of benzene rings is 1. The summed E-state index contributed by atoms with van der Waals surface area (Å²) in [5.41, 5.74) is 6.45. The lowest BCUT2D eigenvalue weighted by Gasteiger charge is -2.36. The Morgan fingerprint density at radius 2 is 2.11 bits per heavy atom. The SMILES string of the molecule is NC(=O)c1ccc(/C=C/C(=O)N2CCOCC2CC(O)c2cccs2)cc1. The van der Waals surface area contributed by atoms with E-state index in [1.54, 1.807) is 35.2 Å². The van der Waals surface area contributed by atoms with E-state index in [4.69, 9.17) is 10.5 Å². The number of amides is 2. The highest BCUT2D eigenvalue weighted by Crippen LogP contribution is 2.26. The van der Waals surface area contributed by atoms with Gasteiger partial charge < -0.3 is 20.5 Å². The number of aliphatic hydroxyl groups excluding tert-OH is 1. The van der Waals surface area contributed by atoms with Crippen molar-refractivity contribution in [2.45, 2.75) is 18.6 Å².